The molecule has 0 saturated carbocycles. The molecule has 1 aliphatic rings. The van der Waals surface area contributed by atoms with Gasteiger partial charge in [0.15, 0.2) is 0 Å². The quantitative estimate of drug-likeness (QED) is 0.184. The molecule has 3 aromatic rings. The van der Waals surface area contributed by atoms with Crippen molar-refractivity contribution in [2.24, 2.45) is 0 Å². The van der Waals surface area contributed by atoms with Gasteiger partial charge in [-0.3, -0.25) is 0 Å². The van der Waals surface area contributed by atoms with Gasteiger partial charge >= 0.3 is 97.8 Å². The summed E-state index contributed by atoms with van der Waals surface area (Å²) >= 11 is -1.77. The molecule has 1 atom stereocenters. The summed E-state index contributed by atoms with van der Waals surface area (Å²) in [5.74, 6) is 0.850. The van der Waals surface area contributed by atoms with E-state index in [1.54, 1.807) is 0 Å². The Labute approximate surface area is 256 Å². The van der Waals surface area contributed by atoms with E-state index in [4.69, 9.17) is 24.1 Å². The molecule has 0 bridgehead atoms. The number of hydrogen-bond donors (Lipinski definition) is 0. The molecule has 40 heavy (non-hydrogen) atoms. The fourth-order valence-corrected chi connectivity index (χ4v) is 7.68. The first-order valence-electron chi connectivity index (χ1n) is 14.2. The molecule has 0 unspecified atom stereocenters. The Morgan fingerprint density at radius 3 is 2.02 bits per heavy atom. The van der Waals surface area contributed by atoms with Crippen molar-refractivity contribution in [3.05, 3.63) is 101 Å². The molecule has 3 aromatic carbocycles. The number of anilines is 1. The van der Waals surface area contributed by atoms with E-state index in [-0.39, 0.29) is 17.1 Å². The van der Waals surface area contributed by atoms with Gasteiger partial charge in [-0.05, 0) is 58.1 Å². The predicted octanol–water partition coefficient (Wildman–Crippen LogP) is 10.1. The van der Waals surface area contributed by atoms with E-state index in [9.17, 15) is 0 Å². The minimum atomic E-state index is -1.77. The van der Waals surface area contributed by atoms with Crippen LogP contribution in [-0.4, -0.2) is 16.3 Å². The van der Waals surface area contributed by atoms with Gasteiger partial charge in [-0.2, -0.15) is 0 Å². The number of rotatable bonds is 7. The minimum Gasteiger partial charge on any atom is -0.517 e. The molecule has 1 fully saturated rings. The van der Waals surface area contributed by atoms with Crippen LogP contribution < -0.4 is 9.64 Å². The standard InChI is InChI=1S/C25H34N.C10H12O.2ClH.Ru/c1-8-20-11-10-12-21(9-2)23(20)26-17-25(7,16-24(26,5)6)22-14-18(3)13-19(4)15-22;1-8(2)11-10-7-5-4-6-9(10)3;;;/h10-15,17H,8-9,16H2,1-7H3;3-8H,1-2H3;2*1H;/q-1;;;;+2/p-2/t25-;;;;/m1..../s1. The molecule has 2 nitrogen and oxygen atoms in total. The van der Waals surface area contributed by atoms with Gasteiger partial charge < -0.3 is 4.90 Å². The van der Waals surface area contributed by atoms with Crippen molar-refractivity contribution in [2.45, 2.75) is 98.6 Å². The zero-order valence-corrected chi connectivity index (χ0v) is 28.8. The Bertz CT molecular complexity index is 1290. The molecule has 0 N–H and O–H groups in total. The topological polar surface area (TPSA) is 12.5 Å². The van der Waals surface area contributed by atoms with E-state index in [1.807, 2.05) is 42.7 Å². The fraction of sp³-hybridized carbons (Fsp3) is 0.429. The zero-order valence-electron chi connectivity index (χ0n) is 25.6. The molecule has 0 radical (unpaired) electrons. The number of hydrogen-bond acceptors (Lipinski definition) is 2. The second kappa shape index (κ2) is 14.0. The first-order chi connectivity index (χ1) is 18.8. The van der Waals surface area contributed by atoms with E-state index >= 15 is 0 Å². The van der Waals surface area contributed by atoms with Crippen molar-refractivity contribution >= 4 is 29.7 Å². The Morgan fingerprint density at radius 2 is 1.50 bits per heavy atom. The average molecular weight is 669 g/mol. The van der Waals surface area contributed by atoms with Gasteiger partial charge in [0.2, 0.25) is 0 Å². The monoisotopic (exact) mass is 668 g/mol. The first kappa shape index (κ1) is 32.8. The fourth-order valence-electron chi connectivity index (χ4n) is 5.87. The van der Waals surface area contributed by atoms with Crippen LogP contribution in [0, 0.1) is 20.4 Å². The van der Waals surface area contributed by atoms with Crippen LogP contribution in [-0.2, 0) is 31.8 Å². The number of nitrogens with zero attached hydrogens (tertiary/aromatic N) is 1. The number of halogens is 2. The molecule has 1 aliphatic heterocycles. The van der Waals surface area contributed by atoms with E-state index in [2.05, 4.69) is 96.3 Å². The van der Waals surface area contributed by atoms with Crippen molar-refractivity contribution < 1.29 is 18.3 Å². The maximum atomic E-state index is 5.82. The first-order valence-corrected chi connectivity index (χ1v) is 19.7. The van der Waals surface area contributed by atoms with Crippen molar-refractivity contribution in [1.82, 2.24) is 0 Å². The second-order valence-electron chi connectivity index (χ2n) is 11.9. The largest absolute Gasteiger partial charge is 0.517 e. The van der Waals surface area contributed by atoms with Crippen LogP contribution in [0.4, 0.5) is 5.69 Å². The SMILES string of the molecule is CC(C)Oc1ccccc1[CH]=[Ru]([Cl])[Cl].CCc1cccc(CC)c1N1[CH-][C@](C)(c2cc(C)cc(C)c2)CC1(C)C. The number of benzene rings is 3. The summed E-state index contributed by atoms with van der Waals surface area (Å²) in [6, 6.07) is 21.6. The summed E-state index contributed by atoms with van der Waals surface area (Å²) < 4.78 is 7.51. The van der Waals surface area contributed by atoms with Crippen LogP contribution in [0.25, 0.3) is 0 Å². The van der Waals surface area contributed by atoms with E-state index < -0.39 is 13.5 Å². The van der Waals surface area contributed by atoms with Gasteiger partial charge in [0.1, 0.15) is 0 Å². The smallest absolute Gasteiger partial charge is 0.0140 e. The number of aryl methyl sites for hydroxylation is 4. The summed E-state index contributed by atoms with van der Waals surface area (Å²) in [7, 11) is 11.6. The van der Waals surface area contributed by atoms with E-state index in [1.165, 1.54) is 33.5 Å². The molecule has 4 rings (SSSR count). The minimum absolute atomic E-state index is 0.0617. The summed E-state index contributed by atoms with van der Waals surface area (Å²) in [6.45, 7) is 22.6. The van der Waals surface area contributed by atoms with Gasteiger partial charge in [-0.15, -0.1) is 5.41 Å². The van der Waals surface area contributed by atoms with E-state index in [0.29, 0.717) is 0 Å². The molecule has 220 valence electrons. The molecular formula is C35H46Cl2NORu-. The van der Waals surface area contributed by atoms with Gasteiger partial charge in [-0.25, -0.2) is 6.54 Å². The molecule has 1 heterocycles. The van der Waals surface area contributed by atoms with Gasteiger partial charge in [0, 0.05) is 11.2 Å². The van der Waals surface area contributed by atoms with Crippen molar-refractivity contribution in [3.8, 4) is 5.75 Å². The van der Waals surface area contributed by atoms with Crippen LogP contribution in [0.3, 0.4) is 0 Å². The summed E-state index contributed by atoms with van der Waals surface area (Å²) in [6.07, 6.45) is 3.44. The van der Waals surface area contributed by atoms with Crippen LogP contribution >= 0.6 is 19.4 Å². The van der Waals surface area contributed by atoms with Crippen molar-refractivity contribution in [2.75, 3.05) is 4.90 Å². The van der Waals surface area contributed by atoms with Crippen LogP contribution in [0.15, 0.2) is 60.7 Å². The van der Waals surface area contributed by atoms with Gasteiger partial charge in [0.05, 0.1) is 0 Å². The molecule has 0 amide bonds. The van der Waals surface area contributed by atoms with Crippen molar-refractivity contribution in [3.63, 3.8) is 0 Å². The Morgan fingerprint density at radius 1 is 0.925 bits per heavy atom. The third-order valence-corrected chi connectivity index (χ3v) is 9.25. The van der Waals surface area contributed by atoms with Gasteiger partial charge in [-0.1, -0.05) is 73.9 Å². The summed E-state index contributed by atoms with van der Waals surface area (Å²) in [4.78, 5) is 2.59. The third-order valence-electron chi connectivity index (χ3n) is 7.42. The maximum absolute atomic E-state index is 5.82. The molecule has 1 saturated heterocycles. The third kappa shape index (κ3) is 8.21. The number of para-hydroxylation sites is 2. The van der Waals surface area contributed by atoms with Crippen LogP contribution in [0.5, 0.6) is 5.75 Å². The zero-order chi connectivity index (χ0) is 29.7. The summed E-state index contributed by atoms with van der Waals surface area (Å²) in [5.41, 5.74) is 9.66. The normalized spacial score (nSPS) is 18.3. The molecule has 0 aromatic heterocycles. The Kier molecular flexibility index (Phi) is 11.5. The number of ether oxygens (including phenoxy) is 1. The van der Waals surface area contributed by atoms with Gasteiger partial charge in [0.25, 0.3) is 0 Å². The predicted molar refractivity (Wildman–Crippen MR) is 173 cm³/mol. The molecule has 0 aliphatic carbocycles. The van der Waals surface area contributed by atoms with Crippen LogP contribution in [0.2, 0.25) is 0 Å². The average Bonchev–Trinajstić information content (AvgIpc) is 3.13. The Balaban J connectivity index is 0.000000267. The van der Waals surface area contributed by atoms with E-state index in [0.717, 1.165) is 30.6 Å². The summed E-state index contributed by atoms with van der Waals surface area (Å²) in [5, 5.41) is 0. The molecular weight excluding hydrogens is 622 g/mol. The van der Waals surface area contributed by atoms with Crippen molar-refractivity contribution in [1.29, 1.82) is 0 Å². The van der Waals surface area contributed by atoms with Crippen LogP contribution in [0.1, 0.15) is 88.3 Å². The second-order valence-corrected chi connectivity index (χ2v) is 17.7. The maximum Gasteiger partial charge on any atom is 0.0140 e. The molecule has 5 heteroatoms. The molecule has 0 spiro atoms. The Hall–Kier alpha value is -1.67.